The van der Waals surface area contributed by atoms with Crippen molar-refractivity contribution >= 4 is 5.91 Å². The van der Waals surface area contributed by atoms with Crippen LogP contribution < -0.4 is 5.32 Å². The van der Waals surface area contributed by atoms with Crippen molar-refractivity contribution in [2.24, 2.45) is 0 Å². The van der Waals surface area contributed by atoms with Crippen molar-refractivity contribution in [2.75, 3.05) is 13.2 Å². The van der Waals surface area contributed by atoms with E-state index in [2.05, 4.69) is 5.32 Å². The molecule has 16 heavy (non-hydrogen) atoms. The molecule has 88 valence electrons. The first-order chi connectivity index (χ1) is 7.79. The third-order valence-electron chi connectivity index (χ3n) is 2.75. The molecule has 1 fully saturated rings. The fourth-order valence-electron chi connectivity index (χ4n) is 1.79. The Morgan fingerprint density at radius 3 is 3.06 bits per heavy atom. The molecule has 2 rings (SSSR count). The van der Waals surface area contributed by atoms with E-state index in [9.17, 15) is 4.79 Å². The van der Waals surface area contributed by atoms with Crippen LogP contribution in [0.2, 0.25) is 0 Å². The Balaban J connectivity index is 1.82. The fourth-order valence-corrected chi connectivity index (χ4v) is 1.79. The second kappa shape index (κ2) is 5.16. The largest absolute Gasteiger partial charge is 0.456 e. The number of hydrogen-bond acceptors (Lipinski definition) is 3. The van der Waals surface area contributed by atoms with Gasteiger partial charge in [-0.3, -0.25) is 4.79 Å². The topological polar surface area (TPSA) is 51.5 Å². The summed E-state index contributed by atoms with van der Waals surface area (Å²) in [5, 5.41) is 2.82. The molecule has 0 saturated carbocycles. The van der Waals surface area contributed by atoms with Gasteiger partial charge in [-0.25, -0.2) is 0 Å². The number of ether oxygens (including phenoxy) is 1. The SMILES string of the molecule is CCc1ccc(C(=O)NCC2CCCO2)o1. The normalized spacial score (nSPS) is 19.9. The highest BCUT2D eigenvalue weighted by Crippen LogP contribution is 2.12. The number of nitrogens with one attached hydrogen (secondary N) is 1. The average Bonchev–Trinajstić information content (AvgIpc) is 2.96. The molecule has 1 amide bonds. The van der Waals surface area contributed by atoms with Crippen LogP contribution in [0.3, 0.4) is 0 Å². The molecule has 1 saturated heterocycles. The van der Waals surface area contributed by atoms with Gasteiger partial charge in [0.05, 0.1) is 6.10 Å². The summed E-state index contributed by atoms with van der Waals surface area (Å²) in [5.41, 5.74) is 0. The van der Waals surface area contributed by atoms with Gasteiger partial charge in [0, 0.05) is 19.6 Å². The highest BCUT2D eigenvalue weighted by molar-refractivity contribution is 5.91. The standard InChI is InChI=1S/C12H17NO3/c1-2-9-5-6-11(16-9)12(14)13-8-10-4-3-7-15-10/h5-6,10H,2-4,7-8H2,1H3,(H,13,14). The van der Waals surface area contributed by atoms with Gasteiger partial charge >= 0.3 is 0 Å². The molecule has 0 aliphatic carbocycles. The molecule has 0 radical (unpaired) electrons. The van der Waals surface area contributed by atoms with Gasteiger partial charge in [0.2, 0.25) is 0 Å². The van der Waals surface area contributed by atoms with Crippen LogP contribution in [-0.4, -0.2) is 25.2 Å². The smallest absolute Gasteiger partial charge is 0.287 e. The molecule has 1 aromatic heterocycles. The molecule has 1 unspecified atom stereocenters. The minimum Gasteiger partial charge on any atom is -0.456 e. The van der Waals surface area contributed by atoms with Crippen LogP contribution in [0.5, 0.6) is 0 Å². The number of hydrogen-bond donors (Lipinski definition) is 1. The summed E-state index contributed by atoms with van der Waals surface area (Å²) in [6.07, 6.45) is 3.09. The monoisotopic (exact) mass is 223 g/mol. The molecule has 1 N–H and O–H groups in total. The molecular weight excluding hydrogens is 206 g/mol. The Morgan fingerprint density at radius 1 is 1.56 bits per heavy atom. The van der Waals surface area contributed by atoms with E-state index >= 15 is 0 Å². The molecule has 1 aliphatic rings. The van der Waals surface area contributed by atoms with Crippen molar-refractivity contribution in [3.05, 3.63) is 23.7 Å². The van der Waals surface area contributed by atoms with Crippen LogP contribution in [0.4, 0.5) is 0 Å². The number of carbonyl (C=O) groups excluding carboxylic acids is 1. The second-order valence-corrected chi connectivity index (χ2v) is 3.96. The van der Waals surface area contributed by atoms with Crippen LogP contribution in [0.25, 0.3) is 0 Å². The molecule has 1 aliphatic heterocycles. The van der Waals surface area contributed by atoms with Gasteiger partial charge < -0.3 is 14.5 Å². The molecule has 0 bridgehead atoms. The van der Waals surface area contributed by atoms with E-state index < -0.39 is 0 Å². The van der Waals surface area contributed by atoms with E-state index in [0.29, 0.717) is 12.3 Å². The Bertz CT molecular complexity index is 353. The van der Waals surface area contributed by atoms with Gasteiger partial charge in [-0.1, -0.05) is 6.92 Å². The summed E-state index contributed by atoms with van der Waals surface area (Å²) in [5.74, 6) is 1.06. The maximum absolute atomic E-state index is 11.7. The summed E-state index contributed by atoms with van der Waals surface area (Å²) in [7, 11) is 0. The van der Waals surface area contributed by atoms with Gasteiger partial charge in [-0.15, -0.1) is 0 Å². The Morgan fingerprint density at radius 2 is 2.44 bits per heavy atom. The number of amides is 1. The highest BCUT2D eigenvalue weighted by Gasteiger charge is 2.17. The molecule has 1 aromatic rings. The quantitative estimate of drug-likeness (QED) is 0.846. The van der Waals surface area contributed by atoms with Gasteiger partial charge in [0.15, 0.2) is 5.76 Å². The first-order valence-corrected chi connectivity index (χ1v) is 5.78. The highest BCUT2D eigenvalue weighted by atomic mass is 16.5. The van der Waals surface area contributed by atoms with Crippen LogP contribution in [0, 0.1) is 0 Å². The van der Waals surface area contributed by atoms with E-state index in [0.717, 1.165) is 31.6 Å². The molecule has 0 spiro atoms. The Labute approximate surface area is 95.0 Å². The third-order valence-corrected chi connectivity index (χ3v) is 2.75. The summed E-state index contributed by atoms with van der Waals surface area (Å²) in [6.45, 7) is 3.37. The Kier molecular flexibility index (Phi) is 3.62. The van der Waals surface area contributed by atoms with Gasteiger partial charge in [-0.2, -0.15) is 0 Å². The van der Waals surface area contributed by atoms with E-state index in [1.807, 2.05) is 13.0 Å². The van der Waals surface area contributed by atoms with Crippen molar-refractivity contribution in [1.29, 1.82) is 0 Å². The summed E-state index contributed by atoms with van der Waals surface area (Å²) in [6, 6.07) is 3.55. The van der Waals surface area contributed by atoms with E-state index in [4.69, 9.17) is 9.15 Å². The molecule has 2 heterocycles. The number of furan rings is 1. The summed E-state index contributed by atoms with van der Waals surface area (Å²) >= 11 is 0. The number of carbonyl (C=O) groups is 1. The van der Waals surface area contributed by atoms with Crippen LogP contribution in [-0.2, 0) is 11.2 Å². The van der Waals surface area contributed by atoms with E-state index in [-0.39, 0.29) is 12.0 Å². The van der Waals surface area contributed by atoms with Crippen LogP contribution in [0.1, 0.15) is 36.1 Å². The Hall–Kier alpha value is -1.29. The summed E-state index contributed by atoms with van der Waals surface area (Å²) < 4.78 is 10.8. The zero-order valence-electron chi connectivity index (χ0n) is 9.49. The van der Waals surface area contributed by atoms with Gasteiger partial charge in [0.25, 0.3) is 5.91 Å². The number of rotatable bonds is 4. The number of aryl methyl sites for hydroxylation is 1. The zero-order valence-corrected chi connectivity index (χ0v) is 9.49. The first-order valence-electron chi connectivity index (χ1n) is 5.78. The zero-order chi connectivity index (χ0) is 11.4. The molecular formula is C12H17NO3. The lowest BCUT2D eigenvalue weighted by Crippen LogP contribution is -2.31. The van der Waals surface area contributed by atoms with Gasteiger partial charge in [0.1, 0.15) is 5.76 Å². The predicted molar refractivity (Wildman–Crippen MR) is 59.4 cm³/mol. The minimum atomic E-state index is -0.157. The van der Waals surface area contributed by atoms with Crippen molar-refractivity contribution in [3.8, 4) is 0 Å². The maximum Gasteiger partial charge on any atom is 0.287 e. The molecule has 4 heteroatoms. The van der Waals surface area contributed by atoms with Gasteiger partial charge in [-0.05, 0) is 25.0 Å². The van der Waals surface area contributed by atoms with Crippen molar-refractivity contribution in [2.45, 2.75) is 32.3 Å². The average molecular weight is 223 g/mol. The predicted octanol–water partition coefficient (Wildman–Crippen LogP) is 1.75. The lowest BCUT2D eigenvalue weighted by atomic mass is 10.2. The lowest BCUT2D eigenvalue weighted by molar-refractivity contribution is 0.0834. The second-order valence-electron chi connectivity index (χ2n) is 3.96. The first kappa shape index (κ1) is 11.2. The molecule has 4 nitrogen and oxygen atoms in total. The summed E-state index contributed by atoms with van der Waals surface area (Å²) in [4.78, 5) is 11.7. The minimum absolute atomic E-state index is 0.157. The van der Waals surface area contributed by atoms with Crippen LogP contribution >= 0.6 is 0 Å². The lowest BCUT2D eigenvalue weighted by Gasteiger charge is -2.09. The van der Waals surface area contributed by atoms with Crippen molar-refractivity contribution < 1.29 is 13.9 Å². The van der Waals surface area contributed by atoms with Crippen LogP contribution in [0.15, 0.2) is 16.5 Å². The fraction of sp³-hybridized carbons (Fsp3) is 0.583. The molecule has 0 aromatic carbocycles. The van der Waals surface area contributed by atoms with Crippen molar-refractivity contribution in [3.63, 3.8) is 0 Å². The third kappa shape index (κ3) is 2.64. The van der Waals surface area contributed by atoms with Crippen molar-refractivity contribution in [1.82, 2.24) is 5.32 Å². The van der Waals surface area contributed by atoms with E-state index in [1.54, 1.807) is 6.07 Å². The molecule has 1 atom stereocenters. The maximum atomic E-state index is 11.7. The van der Waals surface area contributed by atoms with E-state index in [1.165, 1.54) is 0 Å².